The van der Waals surface area contributed by atoms with Gasteiger partial charge in [0, 0.05) is 18.0 Å². The number of ketones is 1. The van der Waals surface area contributed by atoms with E-state index in [1.165, 1.54) is 11.1 Å². The molecule has 2 aromatic rings. The van der Waals surface area contributed by atoms with Gasteiger partial charge < -0.3 is 5.32 Å². The monoisotopic (exact) mass is 364 g/mol. The minimum atomic E-state index is 0.0661. The van der Waals surface area contributed by atoms with Gasteiger partial charge in [0.1, 0.15) is 0 Å². The van der Waals surface area contributed by atoms with E-state index >= 15 is 0 Å². The van der Waals surface area contributed by atoms with Crippen molar-refractivity contribution in [2.24, 2.45) is 5.92 Å². The van der Waals surface area contributed by atoms with Crippen molar-refractivity contribution in [3.05, 3.63) is 71.3 Å². The number of likely N-dealkylation sites (tertiary alicyclic amines) is 1. The van der Waals surface area contributed by atoms with E-state index in [1.807, 2.05) is 42.5 Å². The molecule has 1 saturated heterocycles. The highest BCUT2D eigenvalue weighted by Gasteiger charge is 2.26. The molecule has 3 rings (SSSR count). The van der Waals surface area contributed by atoms with Crippen molar-refractivity contribution in [3.63, 3.8) is 0 Å². The van der Waals surface area contributed by atoms with E-state index in [0.29, 0.717) is 13.1 Å². The van der Waals surface area contributed by atoms with Crippen LogP contribution in [0.25, 0.3) is 0 Å². The molecule has 142 valence electrons. The fraction of sp³-hybridized carbons (Fsp3) is 0.391. The van der Waals surface area contributed by atoms with Gasteiger partial charge in [-0.15, -0.1) is 0 Å². The number of carbonyl (C=O) groups is 2. The zero-order valence-corrected chi connectivity index (χ0v) is 16.0. The van der Waals surface area contributed by atoms with Gasteiger partial charge in [-0.2, -0.15) is 0 Å². The molecule has 0 bridgehead atoms. The molecule has 2 aromatic carbocycles. The third kappa shape index (κ3) is 5.51. The lowest BCUT2D eigenvalue weighted by molar-refractivity contribution is -0.122. The Kier molecular flexibility index (Phi) is 6.77. The minimum Gasteiger partial charge on any atom is -0.355 e. The smallest absolute Gasteiger partial charge is 0.234 e. The summed E-state index contributed by atoms with van der Waals surface area (Å²) in [5, 5.41) is 3.02. The number of hydrogen-bond donors (Lipinski definition) is 1. The summed E-state index contributed by atoms with van der Waals surface area (Å²) in [5.41, 5.74) is 3.33. The van der Waals surface area contributed by atoms with Crippen LogP contribution in [0.3, 0.4) is 0 Å². The fourth-order valence-electron chi connectivity index (χ4n) is 3.68. The van der Waals surface area contributed by atoms with Crippen molar-refractivity contribution in [1.29, 1.82) is 0 Å². The second kappa shape index (κ2) is 9.47. The molecule has 1 heterocycles. The van der Waals surface area contributed by atoms with Crippen molar-refractivity contribution in [3.8, 4) is 0 Å². The van der Waals surface area contributed by atoms with Crippen LogP contribution in [0, 0.1) is 12.8 Å². The molecule has 0 radical (unpaired) electrons. The number of benzene rings is 2. The molecule has 27 heavy (non-hydrogen) atoms. The van der Waals surface area contributed by atoms with Crippen LogP contribution in [0.1, 0.15) is 34.3 Å². The first-order valence-electron chi connectivity index (χ1n) is 9.76. The van der Waals surface area contributed by atoms with Crippen molar-refractivity contribution < 1.29 is 9.59 Å². The molecule has 1 fully saturated rings. The number of aryl methyl sites for hydroxylation is 1. The summed E-state index contributed by atoms with van der Waals surface area (Å²) in [6, 6.07) is 17.8. The Hall–Kier alpha value is -2.46. The molecule has 0 aromatic heterocycles. The normalized spacial score (nSPS) is 15.4. The van der Waals surface area contributed by atoms with E-state index in [0.717, 1.165) is 37.9 Å². The van der Waals surface area contributed by atoms with Crippen molar-refractivity contribution in [2.75, 3.05) is 26.2 Å². The van der Waals surface area contributed by atoms with Crippen LogP contribution in [-0.4, -0.2) is 42.8 Å². The van der Waals surface area contributed by atoms with Crippen LogP contribution in [0.4, 0.5) is 0 Å². The molecule has 1 aliphatic heterocycles. The lowest BCUT2D eigenvalue weighted by atomic mass is 9.89. The summed E-state index contributed by atoms with van der Waals surface area (Å²) in [6.07, 6.45) is 2.50. The number of nitrogens with zero attached hydrogens (tertiary/aromatic N) is 1. The summed E-state index contributed by atoms with van der Waals surface area (Å²) in [6.45, 7) is 4.77. The topological polar surface area (TPSA) is 49.4 Å². The molecule has 1 amide bonds. The highest BCUT2D eigenvalue weighted by molar-refractivity contribution is 5.97. The van der Waals surface area contributed by atoms with Crippen molar-refractivity contribution >= 4 is 11.7 Å². The Morgan fingerprint density at radius 3 is 2.37 bits per heavy atom. The predicted molar refractivity (Wildman–Crippen MR) is 108 cm³/mol. The van der Waals surface area contributed by atoms with Crippen LogP contribution >= 0.6 is 0 Å². The number of carbonyl (C=O) groups excluding carboxylic acids is 2. The maximum Gasteiger partial charge on any atom is 0.234 e. The quantitative estimate of drug-likeness (QED) is 0.767. The number of hydrogen-bond acceptors (Lipinski definition) is 3. The average Bonchev–Trinajstić information content (AvgIpc) is 2.70. The third-order valence-electron chi connectivity index (χ3n) is 5.36. The summed E-state index contributed by atoms with van der Waals surface area (Å²) in [7, 11) is 0. The van der Waals surface area contributed by atoms with Gasteiger partial charge in [0.05, 0.1) is 6.54 Å². The highest BCUT2D eigenvalue weighted by atomic mass is 16.2. The molecule has 0 spiro atoms. The van der Waals surface area contributed by atoms with E-state index in [9.17, 15) is 9.59 Å². The molecule has 4 nitrogen and oxygen atoms in total. The van der Waals surface area contributed by atoms with Crippen LogP contribution in [-0.2, 0) is 11.2 Å². The minimum absolute atomic E-state index is 0.0661. The van der Waals surface area contributed by atoms with Gasteiger partial charge in [-0.05, 0) is 50.4 Å². The molecule has 0 unspecified atom stereocenters. The summed E-state index contributed by atoms with van der Waals surface area (Å²) in [4.78, 5) is 26.9. The Balaban J connectivity index is 1.38. The molecule has 1 aliphatic rings. The van der Waals surface area contributed by atoms with Crippen LogP contribution < -0.4 is 5.32 Å². The van der Waals surface area contributed by atoms with Gasteiger partial charge in [0.2, 0.25) is 5.91 Å². The van der Waals surface area contributed by atoms with Gasteiger partial charge in [-0.25, -0.2) is 0 Å². The largest absolute Gasteiger partial charge is 0.355 e. The Labute approximate surface area is 161 Å². The Bertz CT molecular complexity index is 765. The van der Waals surface area contributed by atoms with Crippen LogP contribution in [0.2, 0.25) is 0 Å². The number of piperidine rings is 1. The molecule has 1 N–H and O–H groups in total. The zero-order valence-electron chi connectivity index (χ0n) is 16.0. The standard InChI is InChI=1S/C23H28N2O2/c1-18-7-5-6-8-19(18)11-14-24-22(26)17-25-15-12-21(13-16-25)23(27)20-9-3-2-4-10-20/h2-10,21H,11-17H2,1H3,(H,24,26). The number of rotatable bonds is 7. The summed E-state index contributed by atoms with van der Waals surface area (Å²) >= 11 is 0. The number of nitrogens with one attached hydrogen (secondary N) is 1. The van der Waals surface area contributed by atoms with E-state index in [4.69, 9.17) is 0 Å². The van der Waals surface area contributed by atoms with Crippen LogP contribution in [0.15, 0.2) is 54.6 Å². The number of amides is 1. The van der Waals surface area contributed by atoms with E-state index < -0.39 is 0 Å². The molecular formula is C23H28N2O2. The molecule has 0 saturated carbocycles. The maximum atomic E-state index is 12.5. The highest BCUT2D eigenvalue weighted by Crippen LogP contribution is 2.21. The first-order valence-corrected chi connectivity index (χ1v) is 9.76. The first-order chi connectivity index (χ1) is 13.1. The SMILES string of the molecule is Cc1ccccc1CCNC(=O)CN1CCC(C(=O)c2ccccc2)CC1. The molecule has 4 heteroatoms. The van der Waals surface area contributed by atoms with Gasteiger partial charge in [-0.1, -0.05) is 54.6 Å². The number of Topliss-reactive ketones (excluding diaryl/α,β-unsaturated/α-hetero) is 1. The molecular weight excluding hydrogens is 336 g/mol. The van der Waals surface area contributed by atoms with Gasteiger partial charge >= 0.3 is 0 Å². The zero-order chi connectivity index (χ0) is 19.1. The summed E-state index contributed by atoms with van der Waals surface area (Å²) < 4.78 is 0. The second-order valence-electron chi connectivity index (χ2n) is 7.31. The Morgan fingerprint density at radius 2 is 1.67 bits per heavy atom. The van der Waals surface area contributed by atoms with Crippen molar-refractivity contribution in [1.82, 2.24) is 10.2 Å². The van der Waals surface area contributed by atoms with Gasteiger partial charge in [0.15, 0.2) is 5.78 Å². The Morgan fingerprint density at radius 1 is 1.00 bits per heavy atom. The molecule has 0 aliphatic carbocycles. The van der Waals surface area contributed by atoms with Crippen molar-refractivity contribution in [2.45, 2.75) is 26.2 Å². The van der Waals surface area contributed by atoms with E-state index in [1.54, 1.807) is 0 Å². The maximum absolute atomic E-state index is 12.5. The average molecular weight is 364 g/mol. The van der Waals surface area contributed by atoms with Gasteiger partial charge in [0.25, 0.3) is 0 Å². The first kappa shape index (κ1) is 19.3. The molecule has 0 atom stereocenters. The second-order valence-corrected chi connectivity index (χ2v) is 7.31. The fourth-order valence-corrected chi connectivity index (χ4v) is 3.68. The lowest BCUT2D eigenvalue weighted by Crippen LogP contribution is -2.43. The van der Waals surface area contributed by atoms with Gasteiger partial charge in [-0.3, -0.25) is 14.5 Å². The van der Waals surface area contributed by atoms with E-state index in [-0.39, 0.29) is 17.6 Å². The third-order valence-corrected chi connectivity index (χ3v) is 5.36. The lowest BCUT2D eigenvalue weighted by Gasteiger charge is -2.30. The van der Waals surface area contributed by atoms with Crippen LogP contribution in [0.5, 0.6) is 0 Å². The predicted octanol–water partition coefficient (Wildman–Crippen LogP) is 3.25. The van der Waals surface area contributed by atoms with E-state index in [2.05, 4.69) is 29.3 Å². The summed E-state index contributed by atoms with van der Waals surface area (Å²) in [5.74, 6) is 0.377.